The van der Waals surface area contributed by atoms with Crippen LogP contribution in [0.2, 0.25) is 0 Å². The number of benzene rings is 1. The van der Waals surface area contributed by atoms with Crippen LogP contribution >= 0.6 is 15.9 Å². The van der Waals surface area contributed by atoms with Crippen molar-refractivity contribution in [1.82, 2.24) is 4.90 Å². The first kappa shape index (κ1) is 10.5. The summed E-state index contributed by atoms with van der Waals surface area (Å²) in [5.41, 5.74) is 1.12. The molecule has 72 valence electrons. The van der Waals surface area contributed by atoms with Gasteiger partial charge in [0, 0.05) is 6.54 Å². The first-order valence-electron chi connectivity index (χ1n) is 4.30. The largest absolute Gasteiger partial charge is 0.507 e. The first-order chi connectivity index (χ1) is 6.15. The van der Waals surface area contributed by atoms with Crippen LogP contribution < -0.4 is 0 Å². The normalized spacial score (nSPS) is 10.8. The lowest BCUT2D eigenvalue weighted by Gasteiger charge is -2.15. The van der Waals surface area contributed by atoms with Crippen LogP contribution in [-0.2, 0) is 6.54 Å². The van der Waals surface area contributed by atoms with Gasteiger partial charge in [0.1, 0.15) is 5.75 Å². The third-order valence-electron chi connectivity index (χ3n) is 2.04. The minimum absolute atomic E-state index is 0.307. The molecule has 0 fully saturated rings. The van der Waals surface area contributed by atoms with Gasteiger partial charge in [0.2, 0.25) is 0 Å². The summed E-state index contributed by atoms with van der Waals surface area (Å²) in [5.74, 6) is 0.307. The van der Waals surface area contributed by atoms with Crippen molar-refractivity contribution in [2.24, 2.45) is 0 Å². The van der Waals surface area contributed by atoms with Crippen molar-refractivity contribution < 1.29 is 5.11 Å². The van der Waals surface area contributed by atoms with Crippen molar-refractivity contribution in [3.05, 3.63) is 28.2 Å². The second-order valence-corrected chi connectivity index (χ2v) is 3.87. The second kappa shape index (κ2) is 4.63. The molecule has 0 atom stereocenters. The van der Waals surface area contributed by atoms with Gasteiger partial charge in [0.15, 0.2) is 0 Å². The molecule has 1 aromatic rings. The Hall–Kier alpha value is -0.540. The number of nitrogens with zero attached hydrogens (tertiary/aromatic N) is 1. The van der Waals surface area contributed by atoms with Gasteiger partial charge in [0.05, 0.1) is 4.47 Å². The standard InChI is InChI=1S/C10H14BrNO/c1-3-12(2)7-8-5-4-6-9(13)10(8)11/h4-6,13H,3,7H2,1-2H3. The van der Waals surface area contributed by atoms with E-state index in [2.05, 4.69) is 34.8 Å². The van der Waals surface area contributed by atoms with E-state index in [1.807, 2.05) is 12.1 Å². The summed E-state index contributed by atoms with van der Waals surface area (Å²) < 4.78 is 0.801. The molecule has 0 heterocycles. The maximum Gasteiger partial charge on any atom is 0.130 e. The molecule has 0 aliphatic heterocycles. The molecule has 0 aliphatic carbocycles. The minimum Gasteiger partial charge on any atom is -0.507 e. The molecule has 0 radical (unpaired) electrons. The van der Waals surface area contributed by atoms with Gasteiger partial charge in [-0.25, -0.2) is 0 Å². The van der Waals surface area contributed by atoms with Crippen LogP contribution in [0.1, 0.15) is 12.5 Å². The topological polar surface area (TPSA) is 23.5 Å². The predicted octanol–water partition coefficient (Wildman–Crippen LogP) is 2.61. The highest BCUT2D eigenvalue weighted by molar-refractivity contribution is 9.10. The number of aromatic hydroxyl groups is 1. The SMILES string of the molecule is CCN(C)Cc1cccc(O)c1Br. The highest BCUT2D eigenvalue weighted by Crippen LogP contribution is 2.27. The number of hydrogen-bond donors (Lipinski definition) is 1. The Morgan fingerprint density at radius 2 is 2.15 bits per heavy atom. The number of hydrogen-bond acceptors (Lipinski definition) is 2. The Balaban J connectivity index is 2.83. The summed E-state index contributed by atoms with van der Waals surface area (Å²) in [5, 5.41) is 9.42. The highest BCUT2D eigenvalue weighted by Gasteiger charge is 2.05. The van der Waals surface area contributed by atoms with E-state index < -0.39 is 0 Å². The Labute approximate surface area is 87.3 Å². The maximum atomic E-state index is 9.42. The molecular formula is C10H14BrNO. The summed E-state index contributed by atoms with van der Waals surface area (Å²) in [6, 6.07) is 5.55. The predicted molar refractivity (Wildman–Crippen MR) is 57.8 cm³/mol. The van der Waals surface area contributed by atoms with Gasteiger partial charge < -0.3 is 10.0 Å². The smallest absolute Gasteiger partial charge is 0.130 e. The van der Waals surface area contributed by atoms with Crippen LogP contribution in [0.3, 0.4) is 0 Å². The molecule has 0 amide bonds. The molecule has 0 unspecified atom stereocenters. The third kappa shape index (κ3) is 2.71. The van der Waals surface area contributed by atoms with Gasteiger partial charge in [-0.3, -0.25) is 0 Å². The Bertz CT molecular complexity index is 288. The number of rotatable bonds is 3. The van der Waals surface area contributed by atoms with Crippen molar-refractivity contribution >= 4 is 15.9 Å². The molecule has 1 rings (SSSR count). The molecule has 0 aliphatic rings. The summed E-state index contributed by atoms with van der Waals surface area (Å²) in [6.07, 6.45) is 0. The van der Waals surface area contributed by atoms with E-state index in [0.29, 0.717) is 5.75 Å². The molecule has 0 saturated heterocycles. The van der Waals surface area contributed by atoms with Crippen molar-refractivity contribution in [1.29, 1.82) is 0 Å². The van der Waals surface area contributed by atoms with Gasteiger partial charge in [-0.1, -0.05) is 19.1 Å². The minimum atomic E-state index is 0.307. The van der Waals surface area contributed by atoms with Gasteiger partial charge in [-0.05, 0) is 41.2 Å². The molecule has 2 nitrogen and oxygen atoms in total. The zero-order chi connectivity index (χ0) is 9.84. The van der Waals surface area contributed by atoms with Crippen LogP contribution in [0, 0.1) is 0 Å². The maximum absolute atomic E-state index is 9.42. The molecule has 0 spiro atoms. The molecule has 3 heteroatoms. The van der Waals surface area contributed by atoms with Crippen molar-refractivity contribution in [2.45, 2.75) is 13.5 Å². The summed E-state index contributed by atoms with van der Waals surface area (Å²) in [6.45, 7) is 3.96. The average Bonchev–Trinajstić information content (AvgIpc) is 2.13. The highest BCUT2D eigenvalue weighted by atomic mass is 79.9. The number of phenols is 1. The Morgan fingerprint density at radius 1 is 1.46 bits per heavy atom. The first-order valence-corrected chi connectivity index (χ1v) is 5.09. The van der Waals surface area contributed by atoms with Crippen molar-refractivity contribution in [2.75, 3.05) is 13.6 Å². The van der Waals surface area contributed by atoms with Gasteiger partial charge in [-0.15, -0.1) is 0 Å². The van der Waals surface area contributed by atoms with Crippen molar-refractivity contribution in [3.63, 3.8) is 0 Å². The zero-order valence-corrected chi connectivity index (χ0v) is 9.50. The van der Waals surface area contributed by atoms with Crippen LogP contribution in [0.25, 0.3) is 0 Å². The molecule has 0 saturated carbocycles. The van der Waals surface area contributed by atoms with Gasteiger partial charge in [-0.2, -0.15) is 0 Å². The number of phenolic OH excluding ortho intramolecular Hbond substituents is 1. The van der Waals surface area contributed by atoms with Crippen LogP contribution in [-0.4, -0.2) is 23.6 Å². The second-order valence-electron chi connectivity index (χ2n) is 3.08. The van der Waals surface area contributed by atoms with E-state index in [4.69, 9.17) is 0 Å². The quantitative estimate of drug-likeness (QED) is 0.883. The van der Waals surface area contributed by atoms with E-state index in [0.717, 1.165) is 23.1 Å². The lowest BCUT2D eigenvalue weighted by molar-refractivity contribution is 0.344. The van der Waals surface area contributed by atoms with Crippen molar-refractivity contribution in [3.8, 4) is 5.75 Å². The van der Waals surface area contributed by atoms with Crippen LogP contribution in [0.15, 0.2) is 22.7 Å². The van der Waals surface area contributed by atoms with Crippen LogP contribution in [0.4, 0.5) is 0 Å². The fraction of sp³-hybridized carbons (Fsp3) is 0.400. The lowest BCUT2D eigenvalue weighted by Crippen LogP contribution is -2.16. The molecular weight excluding hydrogens is 230 g/mol. The fourth-order valence-corrected chi connectivity index (χ4v) is 1.48. The zero-order valence-electron chi connectivity index (χ0n) is 7.92. The Kier molecular flexibility index (Phi) is 3.75. The molecule has 13 heavy (non-hydrogen) atoms. The van der Waals surface area contributed by atoms with E-state index >= 15 is 0 Å². The van der Waals surface area contributed by atoms with E-state index in [1.165, 1.54) is 0 Å². The summed E-state index contributed by atoms with van der Waals surface area (Å²) >= 11 is 3.36. The molecule has 1 N–H and O–H groups in total. The Morgan fingerprint density at radius 3 is 2.77 bits per heavy atom. The number of halogens is 1. The fourth-order valence-electron chi connectivity index (χ4n) is 1.09. The van der Waals surface area contributed by atoms with E-state index in [9.17, 15) is 5.11 Å². The average molecular weight is 244 g/mol. The summed E-state index contributed by atoms with van der Waals surface area (Å²) in [4.78, 5) is 2.18. The van der Waals surface area contributed by atoms with Gasteiger partial charge in [0.25, 0.3) is 0 Å². The van der Waals surface area contributed by atoms with E-state index in [-0.39, 0.29) is 0 Å². The molecule has 0 bridgehead atoms. The van der Waals surface area contributed by atoms with E-state index in [1.54, 1.807) is 6.07 Å². The monoisotopic (exact) mass is 243 g/mol. The van der Waals surface area contributed by atoms with Gasteiger partial charge >= 0.3 is 0 Å². The lowest BCUT2D eigenvalue weighted by atomic mass is 10.2. The molecule has 1 aromatic carbocycles. The third-order valence-corrected chi connectivity index (χ3v) is 2.95. The molecule has 0 aromatic heterocycles. The summed E-state index contributed by atoms with van der Waals surface area (Å²) in [7, 11) is 2.05. The van der Waals surface area contributed by atoms with Crippen LogP contribution in [0.5, 0.6) is 5.75 Å².